The zero-order valence-corrected chi connectivity index (χ0v) is 21.1. The maximum atomic E-state index is 12.8. The number of imidazole rings is 1. The van der Waals surface area contributed by atoms with Crippen LogP contribution in [0.2, 0.25) is 5.15 Å². The molecule has 0 saturated carbocycles. The zero-order chi connectivity index (χ0) is 22.9. The van der Waals surface area contributed by atoms with Crippen LogP contribution >= 0.6 is 26.3 Å². The third-order valence-corrected chi connectivity index (χ3v) is 7.44. The fourth-order valence-electron chi connectivity index (χ4n) is 2.90. The van der Waals surface area contributed by atoms with Crippen molar-refractivity contribution in [3.05, 3.63) is 17.8 Å². The smallest absolute Gasteiger partial charge is 0.331 e. The van der Waals surface area contributed by atoms with E-state index in [1.165, 1.54) is 6.33 Å². The Morgan fingerprint density at radius 2 is 1.77 bits per heavy atom. The Balaban J connectivity index is 2.02. The molecule has 0 fully saturated rings. The fraction of sp³-hybridized carbons (Fsp3) is 0.722. The molecule has 176 valence electrons. The average molecular weight is 496 g/mol. The Kier molecular flexibility index (Phi) is 10.6. The van der Waals surface area contributed by atoms with Crippen molar-refractivity contribution < 1.29 is 22.9 Å². The molecular formula is C18H32ClN5O5P2. The van der Waals surface area contributed by atoms with E-state index in [4.69, 9.17) is 25.4 Å². The first-order valence-electron chi connectivity index (χ1n) is 10.2. The highest BCUT2D eigenvalue weighted by atomic mass is 35.5. The van der Waals surface area contributed by atoms with Gasteiger partial charge in [0, 0.05) is 26.2 Å². The standard InChI is InChI=1S/C18H32ClN5O5P2/c1-5-28-31(26,29-6-2)12-10-23(9-11-27-15-30(3,4)25)7-8-24-14-22-16-17(19)20-13-21-18(16)24/h13-14H,5-12,15H2,1-4H3. The SMILES string of the molecule is CCOP(=O)(CCN(CCOCP(C)(C)=O)CCn1cnc2c(Cl)ncnc21)OCC. The predicted octanol–water partition coefficient (Wildman–Crippen LogP) is 3.64. The van der Waals surface area contributed by atoms with Gasteiger partial charge in [0.25, 0.3) is 0 Å². The second kappa shape index (κ2) is 12.4. The number of rotatable bonds is 15. The number of aromatic nitrogens is 4. The molecule has 0 aliphatic heterocycles. The predicted molar refractivity (Wildman–Crippen MR) is 123 cm³/mol. The summed E-state index contributed by atoms with van der Waals surface area (Å²) in [6.07, 6.45) is 3.59. The number of hydrogen-bond acceptors (Lipinski definition) is 9. The van der Waals surface area contributed by atoms with Crippen LogP contribution in [-0.4, -0.2) is 89.7 Å². The zero-order valence-electron chi connectivity index (χ0n) is 18.6. The Morgan fingerprint density at radius 3 is 2.42 bits per heavy atom. The first kappa shape index (κ1) is 26.4. The van der Waals surface area contributed by atoms with E-state index >= 15 is 0 Å². The highest BCUT2D eigenvalue weighted by Gasteiger charge is 2.24. The molecule has 2 rings (SSSR count). The maximum absolute atomic E-state index is 12.8. The van der Waals surface area contributed by atoms with Gasteiger partial charge in [-0.1, -0.05) is 11.6 Å². The molecule has 0 N–H and O–H groups in total. The minimum atomic E-state index is -3.15. The van der Waals surface area contributed by atoms with Crippen molar-refractivity contribution in [1.29, 1.82) is 0 Å². The van der Waals surface area contributed by atoms with Crippen LogP contribution in [0.15, 0.2) is 12.7 Å². The molecule has 0 unspecified atom stereocenters. The van der Waals surface area contributed by atoms with Crippen LogP contribution in [0.1, 0.15) is 13.8 Å². The highest BCUT2D eigenvalue weighted by molar-refractivity contribution is 7.62. The van der Waals surface area contributed by atoms with E-state index in [1.807, 2.05) is 4.57 Å². The number of fused-ring (bicyclic) bond motifs is 1. The number of halogens is 1. The molecule has 31 heavy (non-hydrogen) atoms. The highest BCUT2D eigenvalue weighted by Crippen LogP contribution is 2.47. The van der Waals surface area contributed by atoms with Crippen molar-refractivity contribution in [3.8, 4) is 0 Å². The lowest BCUT2D eigenvalue weighted by Crippen LogP contribution is -2.33. The van der Waals surface area contributed by atoms with Crippen molar-refractivity contribution in [2.45, 2.75) is 20.4 Å². The topological polar surface area (TPSA) is 109 Å². The van der Waals surface area contributed by atoms with E-state index in [0.717, 1.165) is 0 Å². The van der Waals surface area contributed by atoms with Crippen LogP contribution < -0.4 is 0 Å². The van der Waals surface area contributed by atoms with Gasteiger partial charge in [-0.2, -0.15) is 0 Å². The molecule has 0 aliphatic carbocycles. The Bertz CT molecular complexity index is 912. The average Bonchev–Trinajstić information content (AvgIpc) is 3.11. The van der Waals surface area contributed by atoms with Gasteiger partial charge < -0.3 is 22.9 Å². The van der Waals surface area contributed by atoms with Gasteiger partial charge in [-0.15, -0.1) is 0 Å². The summed E-state index contributed by atoms with van der Waals surface area (Å²) >= 11 is 6.08. The van der Waals surface area contributed by atoms with Crippen molar-refractivity contribution in [2.75, 3.05) is 65.3 Å². The number of hydrogen-bond donors (Lipinski definition) is 0. The van der Waals surface area contributed by atoms with Gasteiger partial charge in [0.2, 0.25) is 0 Å². The molecule has 2 aromatic heterocycles. The number of nitrogens with zero attached hydrogens (tertiary/aromatic N) is 5. The van der Waals surface area contributed by atoms with E-state index in [0.29, 0.717) is 62.3 Å². The molecule has 0 spiro atoms. The molecule has 2 aromatic rings. The van der Waals surface area contributed by atoms with E-state index in [1.54, 1.807) is 33.5 Å². The van der Waals surface area contributed by atoms with Crippen molar-refractivity contribution in [1.82, 2.24) is 24.4 Å². The second-order valence-corrected chi connectivity index (χ2v) is 13.3. The van der Waals surface area contributed by atoms with Gasteiger partial charge in [0.05, 0.1) is 38.7 Å². The second-order valence-electron chi connectivity index (χ2n) is 7.40. The molecule has 2 heterocycles. The molecule has 13 heteroatoms. The number of ether oxygens (including phenoxy) is 1. The van der Waals surface area contributed by atoms with Crippen molar-refractivity contribution in [3.63, 3.8) is 0 Å². The van der Waals surface area contributed by atoms with Crippen LogP contribution in [0.4, 0.5) is 0 Å². The molecule has 0 bridgehead atoms. The van der Waals surface area contributed by atoms with Crippen molar-refractivity contribution in [2.24, 2.45) is 0 Å². The molecule has 0 amide bonds. The van der Waals surface area contributed by atoms with E-state index in [9.17, 15) is 9.13 Å². The molecule has 10 nitrogen and oxygen atoms in total. The molecule has 0 saturated heterocycles. The van der Waals surface area contributed by atoms with Crippen LogP contribution in [0.5, 0.6) is 0 Å². The molecule has 0 atom stereocenters. The largest absolute Gasteiger partial charge is 0.372 e. The summed E-state index contributed by atoms with van der Waals surface area (Å²) in [5.74, 6) is 0. The summed E-state index contributed by atoms with van der Waals surface area (Å²) in [5, 5.41) is 0.312. The lowest BCUT2D eigenvalue weighted by atomic mass is 10.4. The van der Waals surface area contributed by atoms with Crippen LogP contribution in [-0.2, 0) is 29.5 Å². The fourth-order valence-corrected chi connectivity index (χ4v) is 5.30. The summed E-state index contributed by atoms with van der Waals surface area (Å²) in [4.78, 5) is 14.6. The molecule has 0 aliphatic rings. The lowest BCUT2D eigenvalue weighted by molar-refractivity contribution is 0.132. The summed E-state index contributed by atoms with van der Waals surface area (Å²) in [6.45, 7) is 10.4. The lowest BCUT2D eigenvalue weighted by Gasteiger charge is -2.25. The first-order valence-corrected chi connectivity index (χ1v) is 15.1. The van der Waals surface area contributed by atoms with Gasteiger partial charge >= 0.3 is 7.60 Å². The van der Waals surface area contributed by atoms with Gasteiger partial charge in [-0.3, -0.25) is 9.46 Å². The normalized spacial score (nSPS) is 12.8. The Morgan fingerprint density at radius 1 is 1.06 bits per heavy atom. The summed E-state index contributed by atoms with van der Waals surface area (Å²) < 4.78 is 43.0. The summed E-state index contributed by atoms with van der Waals surface area (Å²) in [7, 11) is -5.39. The Hall–Kier alpha value is -0.860. The maximum Gasteiger partial charge on any atom is 0.331 e. The van der Waals surface area contributed by atoms with E-state index < -0.39 is 14.7 Å². The minimum absolute atomic E-state index is 0.235. The van der Waals surface area contributed by atoms with Gasteiger partial charge in [-0.25, -0.2) is 15.0 Å². The third-order valence-electron chi connectivity index (χ3n) is 4.31. The van der Waals surface area contributed by atoms with Gasteiger partial charge in [-0.05, 0) is 27.2 Å². The first-order chi connectivity index (χ1) is 14.7. The Labute approximate surface area is 188 Å². The third kappa shape index (κ3) is 8.89. The van der Waals surface area contributed by atoms with Crippen LogP contribution in [0.25, 0.3) is 11.2 Å². The van der Waals surface area contributed by atoms with Crippen LogP contribution in [0, 0.1) is 0 Å². The van der Waals surface area contributed by atoms with Crippen LogP contribution in [0.3, 0.4) is 0 Å². The molecule has 0 radical (unpaired) electrons. The molecular weight excluding hydrogens is 464 g/mol. The van der Waals surface area contributed by atoms with Gasteiger partial charge in [0.1, 0.15) is 19.0 Å². The van der Waals surface area contributed by atoms with Gasteiger partial charge in [0.15, 0.2) is 10.8 Å². The van der Waals surface area contributed by atoms with E-state index in [2.05, 4.69) is 19.9 Å². The molecule has 0 aromatic carbocycles. The van der Waals surface area contributed by atoms with Crippen molar-refractivity contribution >= 4 is 37.5 Å². The monoisotopic (exact) mass is 495 g/mol. The van der Waals surface area contributed by atoms with E-state index in [-0.39, 0.29) is 12.5 Å². The quantitative estimate of drug-likeness (QED) is 0.208. The minimum Gasteiger partial charge on any atom is -0.372 e. The summed E-state index contributed by atoms with van der Waals surface area (Å²) in [6, 6.07) is 0. The summed E-state index contributed by atoms with van der Waals surface area (Å²) in [5.41, 5.74) is 1.21.